The van der Waals surface area contributed by atoms with E-state index in [-0.39, 0.29) is 24.4 Å². The van der Waals surface area contributed by atoms with Crippen molar-refractivity contribution in [2.24, 2.45) is 5.92 Å². The predicted molar refractivity (Wildman–Crippen MR) is 82.8 cm³/mol. The van der Waals surface area contributed by atoms with Gasteiger partial charge in [-0.1, -0.05) is 6.07 Å². The highest BCUT2D eigenvalue weighted by Crippen LogP contribution is 2.19. The van der Waals surface area contributed by atoms with Crippen LogP contribution in [0.25, 0.3) is 0 Å². The van der Waals surface area contributed by atoms with Crippen LogP contribution in [0.5, 0.6) is 0 Å². The van der Waals surface area contributed by atoms with Crippen molar-refractivity contribution in [2.75, 3.05) is 13.1 Å². The molecule has 19 heavy (non-hydrogen) atoms. The standard InChI is InChI=1S/C14H22N2OS.ClH/c1-11(2)16(10-13-6-4-8-18-13)14(17)12-5-3-7-15-9-12;/h4,6,8,11-12,15H,3,5,7,9-10H2,1-2H3;1H. The van der Waals surface area contributed by atoms with Crippen LogP contribution in [0.2, 0.25) is 0 Å². The first kappa shape index (κ1) is 16.5. The SMILES string of the molecule is CC(C)N(Cc1cccs1)C(=O)C1CCCNC1.Cl. The number of carbonyl (C=O) groups is 1. The number of thiophene rings is 1. The monoisotopic (exact) mass is 302 g/mol. The maximum absolute atomic E-state index is 12.6. The lowest BCUT2D eigenvalue weighted by Gasteiger charge is -2.32. The zero-order chi connectivity index (χ0) is 13.0. The molecule has 5 heteroatoms. The van der Waals surface area contributed by atoms with E-state index in [4.69, 9.17) is 0 Å². The Labute approximate surface area is 125 Å². The van der Waals surface area contributed by atoms with Crippen molar-refractivity contribution >= 4 is 29.7 Å². The molecule has 1 saturated heterocycles. The Bertz CT molecular complexity index is 375. The molecular formula is C14H23ClN2OS. The largest absolute Gasteiger partial charge is 0.335 e. The highest BCUT2D eigenvalue weighted by atomic mass is 35.5. The Morgan fingerprint density at radius 3 is 2.89 bits per heavy atom. The summed E-state index contributed by atoms with van der Waals surface area (Å²) in [5.74, 6) is 0.478. The average molecular weight is 303 g/mol. The number of amides is 1. The van der Waals surface area contributed by atoms with Crippen LogP contribution in [0.1, 0.15) is 31.6 Å². The molecule has 3 nitrogen and oxygen atoms in total. The van der Waals surface area contributed by atoms with E-state index < -0.39 is 0 Å². The number of halogens is 1. The summed E-state index contributed by atoms with van der Waals surface area (Å²) in [6, 6.07) is 4.42. The van der Waals surface area contributed by atoms with Crippen molar-refractivity contribution in [1.82, 2.24) is 10.2 Å². The van der Waals surface area contributed by atoms with E-state index in [1.807, 2.05) is 11.0 Å². The smallest absolute Gasteiger partial charge is 0.227 e. The number of hydrogen-bond donors (Lipinski definition) is 1. The van der Waals surface area contributed by atoms with Crippen LogP contribution in [0.4, 0.5) is 0 Å². The first-order valence-electron chi connectivity index (χ1n) is 6.72. The van der Waals surface area contributed by atoms with Crippen molar-refractivity contribution < 1.29 is 4.79 Å². The zero-order valence-corrected chi connectivity index (χ0v) is 13.2. The topological polar surface area (TPSA) is 32.3 Å². The van der Waals surface area contributed by atoms with Gasteiger partial charge in [-0.25, -0.2) is 0 Å². The van der Waals surface area contributed by atoms with Gasteiger partial charge in [-0.15, -0.1) is 23.7 Å². The van der Waals surface area contributed by atoms with Crippen LogP contribution < -0.4 is 5.32 Å². The molecular weight excluding hydrogens is 280 g/mol. The molecule has 0 saturated carbocycles. The fraction of sp³-hybridized carbons (Fsp3) is 0.643. The van der Waals surface area contributed by atoms with Gasteiger partial charge in [0.2, 0.25) is 5.91 Å². The van der Waals surface area contributed by atoms with Gasteiger partial charge >= 0.3 is 0 Å². The maximum Gasteiger partial charge on any atom is 0.227 e. The van der Waals surface area contributed by atoms with Gasteiger partial charge < -0.3 is 10.2 Å². The third-order valence-corrected chi connectivity index (χ3v) is 4.32. The zero-order valence-electron chi connectivity index (χ0n) is 11.6. The molecule has 0 aromatic carbocycles. The average Bonchev–Trinajstić information content (AvgIpc) is 2.89. The Balaban J connectivity index is 0.00000180. The van der Waals surface area contributed by atoms with E-state index in [0.29, 0.717) is 5.91 Å². The lowest BCUT2D eigenvalue weighted by molar-refractivity contribution is -0.138. The van der Waals surface area contributed by atoms with Crippen LogP contribution in [-0.4, -0.2) is 29.9 Å². The van der Waals surface area contributed by atoms with E-state index in [1.54, 1.807) is 11.3 Å². The minimum atomic E-state index is 0. The first-order chi connectivity index (χ1) is 8.68. The van der Waals surface area contributed by atoms with Gasteiger partial charge in [0.25, 0.3) is 0 Å². The summed E-state index contributed by atoms with van der Waals surface area (Å²) in [6.07, 6.45) is 2.14. The third-order valence-electron chi connectivity index (χ3n) is 3.46. The van der Waals surface area contributed by atoms with E-state index >= 15 is 0 Å². The molecule has 1 amide bonds. The number of piperidine rings is 1. The Morgan fingerprint density at radius 2 is 2.37 bits per heavy atom. The second kappa shape index (κ2) is 7.88. The van der Waals surface area contributed by atoms with Crippen molar-refractivity contribution in [3.8, 4) is 0 Å². The Hall–Kier alpha value is -0.580. The highest BCUT2D eigenvalue weighted by molar-refractivity contribution is 7.09. The molecule has 0 bridgehead atoms. The number of rotatable bonds is 4. The van der Waals surface area contributed by atoms with Crippen LogP contribution in [-0.2, 0) is 11.3 Å². The van der Waals surface area contributed by atoms with Gasteiger partial charge in [-0.05, 0) is 44.7 Å². The van der Waals surface area contributed by atoms with Crippen molar-refractivity contribution in [2.45, 2.75) is 39.3 Å². The molecule has 0 spiro atoms. The van der Waals surface area contributed by atoms with Gasteiger partial charge in [-0.2, -0.15) is 0 Å². The summed E-state index contributed by atoms with van der Waals surface area (Å²) in [4.78, 5) is 15.8. The molecule has 2 heterocycles. The van der Waals surface area contributed by atoms with Crippen LogP contribution >= 0.6 is 23.7 Å². The van der Waals surface area contributed by atoms with E-state index in [1.165, 1.54) is 4.88 Å². The molecule has 1 aliphatic rings. The maximum atomic E-state index is 12.6. The molecule has 108 valence electrons. The fourth-order valence-electron chi connectivity index (χ4n) is 2.38. The molecule has 1 N–H and O–H groups in total. The minimum absolute atomic E-state index is 0. The number of nitrogens with one attached hydrogen (secondary N) is 1. The van der Waals surface area contributed by atoms with E-state index in [0.717, 1.165) is 32.5 Å². The molecule has 1 fully saturated rings. The van der Waals surface area contributed by atoms with E-state index in [9.17, 15) is 4.79 Å². The number of hydrogen-bond acceptors (Lipinski definition) is 3. The molecule has 0 aliphatic carbocycles. The number of nitrogens with zero attached hydrogens (tertiary/aromatic N) is 1. The van der Waals surface area contributed by atoms with Gasteiger partial charge in [-0.3, -0.25) is 4.79 Å². The van der Waals surface area contributed by atoms with E-state index in [2.05, 4.69) is 30.6 Å². The molecule has 1 atom stereocenters. The van der Waals surface area contributed by atoms with Crippen LogP contribution in [0.3, 0.4) is 0 Å². The quantitative estimate of drug-likeness (QED) is 0.927. The lowest BCUT2D eigenvalue weighted by Crippen LogP contribution is -2.45. The van der Waals surface area contributed by atoms with Crippen molar-refractivity contribution in [1.29, 1.82) is 0 Å². The summed E-state index contributed by atoms with van der Waals surface area (Å²) < 4.78 is 0. The summed E-state index contributed by atoms with van der Waals surface area (Å²) in [6.45, 7) is 6.84. The van der Waals surface area contributed by atoms with Crippen molar-refractivity contribution in [3.05, 3.63) is 22.4 Å². The Morgan fingerprint density at radius 1 is 1.58 bits per heavy atom. The third kappa shape index (κ3) is 4.48. The molecule has 1 aromatic heterocycles. The van der Waals surface area contributed by atoms with Gasteiger partial charge in [0.1, 0.15) is 0 Å². The molecule has 0 radical (unpaired) electrons. The first-order valence-corrected chi connectivity index (χ1v) is 7.60. The second-order valence-corrected chi connectivity index (χ2v) is 6.21. The highest BCUT2D eigenvalue weighted by Gasteiger charge is 2.27. The fourth-order valence-corrected chi connectivity index (χ4v) is 3.09. The predicted octanol–water partition coefficient (Wildman–Crippen LogP) is 2.91. The minimum Gasteiger partial charge on any atom is -0.335 e. The molecule has 1 aliphatic heterocycles. The summed E-state index contributed by atoms with van der Waals surface area (Å²) in [7, 11) is 0. The molecule has 1 unspecified atom stereocenters. The van der Waals surface area contributed by atoms with Gasteiger partial charge in [0, 0.05) is 17.5 Å². The lowest BCUT2D eigenvalue weighted by atomic mass is 9.97. The van der Waals surface area contributed by atoms with Crippen LogP contribution in [0, 0.1) is 5.92 Å². The van der Waals surface area contributed by atoms with Gasteiger partial charge in [0.15, 0.2) is 0 Å². The van der Waals surface area contributed by atoms with Crippen LogP contribution in [0.15, 0.2) is 17.5 Å². The molecule has 1 aromatic rings. The Kier molecular flexibility index (Phi) is 6.83. The van der Waals surface area contributed by atoms with Gasteiger partial charge in [0.05, 0.1) is 12.5 Å². The molecule has 2 rings (SSSR count). The van der Waals surface area contributed by atoms with Crippen molar-refractivity contribution in [3.63, 3.8) is 0 Å². The summed E-state index contributed by atoms with van der Waals surface area (Å²) in [5, 5.41) is 5.39. The summed E-state index contributed by atoms with van der Waals surface area (Å²) in [5.41, 5.74) is 0. The normalized spacial score (nSPS) is 19.0. The second-order valence-electron chi connectivity index (χ2n) is 5.18. The summed E-state index contributed by atoms with van der Waals surface area (Å²) >= 11 is 1.72. The number of carbonyl (C=O) groups excluding carboxylic acids is 1.